The van der Waals surface area contributed by atoms with Crippen LogP contribution in [0, 0.1) is 6.92 Å². The molecule has 0 saturated heterocycles. The molecule has 33 heavy (non-hydrogen) atoms. The smallest absolute Gasteiger partial charge is 0.343 e. The summed E-state index contributed by atoms with van der Waals surface area (Å²) in [6, 6.07) is 18.9. The number of benzene rings is 3. The number of nitrogens with zero attached hydrogens (tertiary/aromatic N) is 1. The molecule has 3 aromatic carbocycles. The zero-order valence-electron chi connectivity index (χ0n) is 18.5. The minimum Gasteiger partial charge on any atom is -0.493 e. The normalized spacial score (nSPS) is 10.5. The number of ether oxygens (including phenoxy) is 4. The van der Waals surface area contributed by atoms with Crippen LogP contribution in [0.5, 0.6) is 23.0 Å². The molecular formula is C25H24N2O6. The summed E-state index contributed by atoms with van der Waals surface area (Å²) in [5.41, 5.74) is 4.39. The van der Waals surface area contributed by atoms with Crippen LogP contribution >= 0.6 is 0 Å². The standard InChI is InChI=1S/C25H24N2O6/c1-17-6-4-5-7-21(17)32-16-24(28)27-26-15-18-8-11-20(12-9-18)33-25(29)19-10-13-22(30-2)23(14-19)31-3/h4-15H,16H2,1-3H3,(H,27,28). The van der Waals surface area contributed by atoms with Gasteiger partial charge in [-0.3, -0.25) is 4.79 Å². The number of carbonyl (C=O) groups excluding carboxylic acids is 2. The highest BCUT2D eigenvalue weighted by Gasteiger charge is 2.13. The summed E-state index contributed by atoms with van der Waals surface area (Å²) >= 11 is 0. The van der Waals surface area contributed by atoms with E-state index in [0.717, 1.165) is 5.56 Å². The van der Waals surface area contributed by atoms with E-state index in [1.54, 1.807) is 48.5 Å². The van der Waals surface area contributed by atoms with Crippen molar-refractivity contribution < 1.29 is 28.5 Å². The van der Waals surface area contributed by atoms with Crippen LogP contribution in [0.25, 0.3) is 0 Å². The number of amides is 1. The van der Waals surface area contributed by atoms with E-state index in [1.807, 2.05) is 25.1 Å². The number of rotatable bonds is 9. The summed E-state index contributed by atoms with van der Waals surface area (Å²) in [5, 5.41) is 3.91. The molecule has 170 valence electrons. The van der Waals surface area contributed by atoms with E-state index >= 15 is 0 Å². The topological polar surface area (TPSA) is 95.5 Å². The Balaban J connectivity index is 1.50. The van der Waals surface area contributed by atoms with Crippen molar-refractivity contribution in [3.8, 4) is 23.0 Å². The van der Waals surface area contributed by atoms with Crippen LogP contribution < -0.4 is 24.4 Å². The van der Waals surface area contributed by atoms with Gasteiger partial charge in [-0.05, 0) is 66.6 Å². The number of methoxy groups -OCH3 is 2. The van der Waals surface area contributed by atoms with Gasteiger partial charge in [-0.1, -0.05) is 18.2 Å². The molecule has 0 fully saturated rings. The Labute approximate surface area is 191 Å². The van der Waals surface area contributed by atoms with Crippen molar-refractivity contribution in [2.75, 3.05) is 20.8 Å². The van der Waals surface area contributed by atoms with Crippen molar-refractivity contribution in [3.63, 3.8) is 0 Å². The molecule has 0 aliphatic heterocycles. The molecule has 8 heteroatoms. The van der Waals surface area contributed by atoms with E-state index in [4.69, 9.17) is 18.9 Å². The molecule has 0 unspecified atom stereocenters. The molecule has 0 aromatic heterocycles. The Hall–Kier alpha value is -4.33. The van der Waals surface area contributed by atoms with Crippen LogP contribution in [0.15, 0.2) is 71.8 Å². The zero-order valence-corrected chi connectivity index (χ0v) is 18.5. The molecule has 1 N–H and O–H groups in total. The van der Waals surface area contributed by atoms with Gasteiger partial charge >= 0.3 is 5.97 Å². The monoisotopic (exact) mass is 448 g/mol. The fourth-order valence-electron chi connectivity index (χ4n) is 2.82. The molecule has 8 nitrogen and oxygen atoms in total. The van der Waals surface area contributed by atoms with Gasteiger partial charge in [0.1, 0.15) is 11.5 Å². The summed E-state index contributed by atoms with van der Waals surface area (Å²) in [5.74, 6) is 1.06. The zero-order chi connectivity index (χ0) is 23.6. The van der Waals surface area contributed by atoms with Gasteiger partial charge in [0.25, 0.3) is 5.91 Å². The highest BCUT2D eigenvalue weighted by Crippen LogP contribution is 2.28. The molecule has 0 spiro atoms. The molecule has 3 rings (SSSR count). The molecule has 0 bridgehead atoms. The van der Waals surface area contributed by atoms with Crippen molar-refractivity contribution in [1.82, 2.24) is 5.43 Å². The third kappa shape index (κ3) is 6.57. The highest BCUT2D eigenvalue weighted by atomic mass is 16.5. The van der Waals surface area contributed by atoms with Crippen molar-refractivity contribution >= 4 is 18.1 Å². The van der Waals surface area contributed by atoms with Gasteiger partial charge < -0.3 is 18.9 Å². The lowest BCUT2D eigenvalue weighted by Crippen LogP contribution is -2.24. The lowest BCUT2D eigenvalue weighted by molar-refractivity contribution is -0.123. The second-order valence-corrected chi connectivity index (χ2v) is 6.88. The molecule has 0 radical (unpaired) electrons. The second kappa shape index (κ2) is 11.3. The molecule has 0 atom stereocenters. The van der Waals surface area contributed by atoms with Crippen molar-refractivity contribution in [2.24, 2.45) is 5.10 Å². The van der Waals surface area contributed by atoms with Gasteiger partial charge in [0, 0.05) is 0 Å². The first-order chi connectivity index (χ1) is 16.0. The molecule has 0 saturated carbocycles. The maximum atomic E-state index is 12.4. The minimum absolute atomic E-state index is 0.146. The van der Waals surface area contributed by atoms with Crippen molar-refractivity contribution in [3.05, 3.63) is 83.4 Å². The maximum absolute atomic E-state index is 12.4. The van der Waals surface area contributed by atoms with E-state index in [-0.39, 0.29) is 12.5 Å². The first kappa shape index (κ1) is 23.3. The van der Waals surface area contributed by atoms with Gasteiger partial charge in [0.15, 0.2) is 18.1 Å². The number of hydrogen-bond donors (Lipinski definition) is 1. The number of para-hydroxylation sites is 1. The van der Waals surface area contributed by atoms with E-state index in [0.29, 0.717) is 34.1 Å². The minimum atomic E-state index is -0.529. The summed E-state index contributed by atoms with van der Waals surface area (Å²) in [6.45, 7) is 1.76. The number of hydrazone groups is 1. The second-order valence-electron chi connectivity index (χ2n) is 6.88. The number of aryl methyl sites for hydroxylation is 1. The quantitative estimate of drug-likeness (QED) is 0.232. The highest BCUT2D eigenvalue weighted by molar-refractivity contribution is 5.92. The first-order valence-electron chi connectivity index (χ1n) is 10.0. The molecule has 3 aromatic rings. The van der Waals surface area contributed by atoms with E-state index < -0.39 is 5.97 Å². The van der Waals surface area contributed by atoms with Crippen LogP contribution in [0.2, 0.25) is 0 Å². The number of nitrogens with one attached hydrogen (secondary N) is 1. The predicted octanol–water partition coefficient (Wildman–Crippen LogP) is 3.76. The maximum Gasteiger partial charge on any atom is 0.343 e. The predicted molar refractivity (Wildman–Crippen MR) is 123 cm³/mol. The van der Waals surface area contributed by atoms with Gasteiger partial charge in [0.05, 0.1) is 26.0 Å². The SMILES string of the molecule is COc1ccc(C(=O)Oc2ccc(C=NNC(=O)COc3ccccc3C)cc2)cc1OC. The number of carbonyl (C=O) groups is 2. The van der Waals surface area contributed by atoms with E-state index in [2.05, 4.69) is 10.5 Å². The largest absolute Gasteiger partial charge is 0.493 e. The lowest BCUT2D eigenvalue weighted by atomic mass is 10.2. The average molecular weight is 448 g/mol. The van der Waals surface area contributed by atoms with Crippen LogP contribution in [0.4, 0.5) is 0 Å². The first-order valence-corrected chi connectivity index (χ1v) is 10.0. The molecule has 0 heterocycles. The van der Waals surface area contributed by atoms with Gasteiger partial charge in [0.2, 0.25) is 0 Å². The van der Waals surface area contributed by atoms with Gasteiger partial charge in [-0.15, -0.1) is 0 Å². The Kier molecular flexibility index (Phi) is 8.02. The summed E-state index contributed by atoms with van der Waals surface area (Å²) in [7, 11) is 3.01. The van der Waals surface area contributed by atoms with Crippen LogP contribution in [0.1, 0.15) is 21.5 Å². The van der Waals surface area contributed by atoms with Crippen LogP contribution in [-0.2, 0) is 4.79 Å². The number of esters is 1. The van der Waals surface area contributed by atoms with Crippen molar-refractivity contribution in [1.29, 1.82) is 0 Å². The van der Waals surface area contributed by atoms with E-state index in [9.17, 15) is 9.59 Å². The molecule has 1 amide bonds. The summed E-state index contributed by atoms with van der Waals surface area (Å²) in [6.07, 6.45) is 1.48. The third-order valence-corrected chi connectivity index (χ3v) is 4.57. The fraction of sp³-hybridized carbons (Fsp3) is 0.160. The van der Waals surface area contributed by atoms with Gasteiger partial charge in [-0.2, -0.15) is 5.10 Å². The Morgan fingerprint density at radius 1 is 0.909 bits per heavy atom. The molecule has 0 aliphatic carbocycles. The summed E-state index contributed by atoms with van der Waals surface area (Å²) in [4.78, 5) is 24.3. The third-order valence-electron chi connectivity index (χ3n) is 4.57. The van der Waals surface area contributed by atoms with Crippen LogP contribution in [0.3, 0.4) is 0 Å². The molecular weight excluding hydrogens is 424 g/mol. The number of hydrogen-bond acceptors (Lipinski definition) is 7. The van der Waals surface area contributed by atoms with E-state index in [1.165, 1.54) is 20.4 Å². The van der Waals surface area contributed by atoms with Gasteiger partial charge in [-0.25, -0.2) is 10.2 Å². The Morgan fingerprint density at radius 2 is 1.64 bits per heavy atom. The average Bonchev–Trinajstić information content (AvgIpc) is 2.84. The Bertz CT molecular complexity index is 1140. The fourth-order valence-corrected chi connectivity index (χ4v) is 2.82. The van der Waals surface area contributed by atoms with Crippen molar-refractivity contribution in [2.45, 2.75) is 6.92 Å². The lowest BCUT2D eigenvalue weighted by Gasteiger charge is -2.09. The molecule has 0 aliphatic rings. The summed E-state index contributed by atoms with van der Waals surface area (Å²) < 4.78 is 21.2. The Morgan fingerprint density at radius 3 is 2.33 bits per heavy atom. The van der Waals surface area contributed by atoms with Crippen LogP contribution in [-0.4, -0.2) is 38.9 Å².